The average Bonchev–Trinajstić information content (AvgIpc) is 2.87. The number of benzene rings is 1. The summed E-state index contributed by atoms with van der Waals surface area (Å²) in [5.74, 6) is 0. The van der Waals surface area contributed by atoms with Crippen molar-refractivity contribution in [1.82, 2.24) is 4.31 Å². The van der Waals surface area contributed by atoms with Gasteiger partial charge in [-0.15, -0.1) is 0 Å². The maximum atomic E-state index is 12.7. The van der Waals surface area contributed by atoms with Crippen molar-refractivity contribution in [3.05, 3.63) is 29.8 Å². The highest BCUT2D eigenvalue weighted by Crippen LogP contribution is 2.29. The zero-order chi connectivity index (χ0) is 15.0. The van der Waals surface area contributed by atoms with Gasteiger partial charge < -0.3 is 0 Å². The molecule has 1 aliphatic rings. The number of rotatable bonds is 3. The van der Waals surface area contributed by atoms with Gasteiger partial charge in [-0.2, -0.15) is 4.31 Å². The molecule has 0 aromatic heterocycles. The molecule has 0 aliphatic carbocycles. The Labute approximate surface area is 123 Å². The summed E-state index contributed by atoms with van der Waals surface area (Å²) in [7, 11) is -3.33. The standard InChI is InChI=1S/C16H25NO2S/c1-5-14-7-6-12-17(14)20(18,19)15-10-8-13(9-11-15)16(2,3)4/h8-11,14H,5-7,12H2,1-4H3/t14-/m0/s1. The Morgan fingerprint density at radius 1 is 1.20 bits per heavy atom. The van der Waals surface area contributed by atoms with Crippen LogP contribution in [0.5, 0.6) is 0 Å². The van der Waals surface area contributed by atoms with Crippen LogP contribution in [0.3, 0.4) is 0 Å². The molecule has 1 aromatic rings. The molecule has 0 spiro atoms. The lowest BCUT2D eigenvalue weighted by molar-refractivity contribution is 0.379. The molecule has 4 heteroatoms. The van der Waals surface area contributed by atoms with Crippen LogP contribution >= 0.6 is 0 Å². The normalized spacial score (nSPS) is 21.3. The summed E-state index contributed by atoms with van der Waals surface area (Å²) in [6.45, 7) is 9.10. The number of hydrogen-bond acceptors (Lipinski definition) is 2. The highest BCUT2D eigenvalue weighted by molar-refractivity contribution is 7.89. The Morgan fingerprint density at radius 3 is 2.30 bits per heavy atom. The van der Waals surface area contributed by atoms with E-state index < -0.39 is 10.0 Å². The largest absolute Gasteiger partial charge is 0.243 e. The summed E-state index contributed by atoms with van der Waals surface area (Å²) in [5.41, 5.74) is 1.20. The Morgan fingerprint density at radius 2 is 1.80 bits per heavy atom. The molecule has 1 saturated heterocycles. The molecule has 0 bridgehead atoms. The first-order valence-electron chi connectivity index (χ1n) is 7.39. The van der Waals surface area contributed by atoms with Crippen molar-refractivity contribution in [2.24, 2.45) is 0 Å². The predicted molar refractivity (Wildman–Crippen MR) is 82.3 cm³/mol. The van der Waals surface area contributed by atoms with E-state index in [1.54, 1.807) is 16.4 Å². The highest BCUT2D eigenvalue weighted by Gasteiger charge is 2.34. The maximum absolute atomic E-state index is 12.7. The van der Waals surface area contributed by atoms with Gasteiger partial charge in [0.25, 0.3) is 0 Å². The molecule has 112 valence electrons. The number of sulfonamides is 1. The third-order valence-electron chi connectivity index (χ3n) is 4.12. The van der Waals surface area contributed by atoms with Crippen molar-refractivity contribution in [2.45, 2.75) is 63.3 Å². The van der Waals surface area contributed by atoms with E-state index in [1.807, 2.05) is 12.1 Å². The first kappa shape index (κ1) is 15.5. The first-order chi connectivity index (χ1) is 9.26. The van der Waals surface area contributed by atoms with Gasteiger partial charge in [-0.3, -0.25) is 0 Å². The van der Waals surface area contributed by atoms with Crippen LogP contribution in [0.15, 0.2) is 29.2 Å². The molecule has 1 aromatic carbocycles. The summed E-state index contributed by atoms with van der Waals surface area (Å²) in [6.07, 6.45) is 2.84. The molecule has 20 heavy (non-hydrogen) atoms. The second-order valence-corrected chi connectivity index (χ2v) is 8.48. The van der Waals surface area contributed by atoms with Crippen molar-refractivity contribution in [3.8, 4) is 0 Å². The van der Waals surface area contributed by atoms with Gasteiger partial charge >= 0.3 is 0 Å². The minimum Gasteiger partial charge on any atom is -0.207 e. The topological polar surface area (TPSA) is 37.4 Å². The molecule has 1 aliphatic heterocycles. The molecule has 2 rings (SSSR count). The third-order valence-corrected chi connectivity index (χ3v) is 6.09. The van der Waals surface area contributed by atoms with Gasteiger partial charge in [-0.1, -0.05) is 39.8 Å². The maximum Gasteiger partial charge on any atom is 0.243 e. The quantitative estimate of drug-likeness (QED) is 0.855. The fourth-order valence-corrected chi connectivity index (χ4v) is 4.56. The monoisotopic (exact) mass is 295 g/mol. The van der Waals surface area contributed by atoms with E-state index in [1.165, 1.54) is 0 Å². The molecular formula is C16H25NO2S. The minimum atomic E-state index is -3.33. The van der Waals surface area contributed by atoms with Gasteiger partial charge in [-0.05, 0) is 42.4 Å². The highest BCUT2D eigenvalue weighted by atomic mass is 32.2. The summed E-state index contributed by atoms with van der Waals surface area (Å²) in [6, 6.07) is 7.54. The van der Waals surface area contributed by atoms with Crippen LogP contribution in [0.1, 0.15) is 52.5 Å². The fraction of sp³-hybridized carbons (Fsp3) is 0.625. The van der Waals surface area contributed by atoms with Crippen LogP contribution < -0.4 is 0 Å². The van der Waals surface area contributed by atoms with E-state index in [-0.39, 0.29) is 11.5 Å². The van der Waals surface area contributed by atoms with E-state index in [2.05, 4.69) is 27.7 Å². The van der Waals surface area contributed by atoms with Crippen molar-refractivity contribution < 1.29 is 8.42 Å². The Balaban J connectivity index is 2.31. The van der Waals surface area contributed by atoms with Crippen LogP contribution in [0.4, 0.5) is 0 Å². The summed E-state index contributed by atoms with van der Waals surface area (Å²) >= 11 is 0. The molecule has 0 saturated carbocycles. The zero-order valence-electron chi connectivity index (χ0n) is 12.9. The Bertz CT molecular complexity index is 555. The molecule has 0 amide bonds. The SMILES string of the molecule is CC[C@H]1CCCN1S(=O)(=O)c1ccc(C(C)(C)C)cc1. The van der Waals surface area contributed by atoms with Crippen molar-refractivity contribution in [3.63, 3.8) is 0 Å². The third kappa shape index (κ3) is 2.91. The van der Waals surface area contributed by atoms with Crippen molar-refractivity contribution in [2.75, 3.05) is 6.54 Å². The van der Waals surface area contributed by atoms with Gasteiger partial charge in [0.15, 0.2) is 0 Å². The van der Waals surface area contributed by atoms with Crippen LogP contribution in [-0.2, 0) is 15.4 Å². The van der Waals surface area contributed by atoms with E-state index in [9.17, 15) is 8.42 Å². The molecule has 1 fully saturated rings. The van der Waals surface area contributed by atoms with Crippen LogP contribution in [0.25, 0.3) is 0 Å². The predicted octanol–water partition coefficient (Wildman–Crippen LogP) is 3.55. The molecule has 0 N–H and O–H groups in total. The molecule has 0 radical (unpaired) electrons. The molecular weight excluding hydrogens is 270 g/mol. The van der Waals surface area contributed by atoms with Crippen molar-refractivity contribution in [1.29, 1.82) is 0 Å². The first-order valence-corrected chi connectivity index (χ1v) is 8.83. The summed E-state index contributed by atoms with van der Waals surface area (Å²) in [4.78, 5) is 0.422. The Hall–Kier alpha value is -0.870. The second kappa shape index (κ2) is 5.49. The molecule has 3 nitrogen and oxygen atoms in total. The smallest absolute Gasteiger partial charge is 0.207 e. The number of nitrogens with zero attached hydrogens (tertiary/aromatic N) is 1. The van der Waals surface area contributed by atoms with E-state index in [0.717, 1.165) is 24.8 Å². The van der Waals surface area contributed by atoms with E-state index in [4.69, 9.17) is 0 Å². The summed E-state index contributed by atoms with van der Waals surface area (Å²) in [5, 5.41) is 0. The lowest BCUT2D eigenvalue weighted by Crippen LogP contribution is -2.35. The van der Waals surface area contributed by atoms with Gasteiger partial charge in [0.1, 0.15) is 0 Å². The van der Waals surface area contributed by atoms with Gasteiger partial charge in [-0.25, -0.2) is 8.42 Å². The Kier molecular flexibility index (Phi) is 4.26. The minimum absolute atomic E-state index is 0.0435. The molecule has 0 unspecified atom stereocenters. The molecule has 1 heterocycles. The summed E-state index contributed by atoms with van der Waals surface area (Å²) < 4.78 is 27.1. The van der Waals surface area contributed by atoms with Gasteiger partial charge in [0.2, 0.25) is 10.0 Å². The van der Waals surface area contributed by atoms with Crippen LogP contribution in [0.2, 0.25) is 0 Å². The van der Waals surface area contributed by atoms with Crippen molar-refractivity contribution >= 4 is 10.0 Å². The van der Waals surface area contributed by atoms with Crippen LogP contribution in [-0.4, -0.2) is 25.3 Å². The second-order valence-electron chi connectivity index (χ2n) is 6.59. The van der Waals surface area contributed by atoms with E-state index in [0.29, 0.717) is 11.4 Å². The van der Waals surface area contributed by atoms with Gasteiger partial charge in [0.05, 0.1) is 4.90 Å². The molecule has 1 atom stereocenters. The fourth-order valence-electron chi connectivity index (χ4n) is 2.80. The lowest BCUT2D eigenvalue weighted by Gasteiger charge is -2.24. The van der Waals surface area contributed by atoms with Crippen LogP contribution in [0, 0.1) is 0 Å². The lowest BCUT2D eigenvalue weighted by atomic mass is 9.87. The zero-order valence-corrected chi connectivity index (χ0v) is 13.7. The number of hydrogen-bond donors (Lipinski definition) is 0. The average molecular weight is 295 g/mol. The van der Waals surface area contributed by atoms with E-state index >= 15 is 0 Å². The van der Waals surface area contributed by atoms with Gasteiger partial charge in [0, 0.05) is 12.6 Å².